The van der Waals surface area contributed by atoms with Crippen LogP contribution >= 0.6 is 0 Å². The quantitative estimate of drug-likeness (QED) is 0.844. The van der Waals surface area contributed by atoms with E-state index in [0.29, 0.717) is 5.92 Å². The molecular formula is C18H25NO. The highest BCUT2D eigenvalue weighted by atomic mass is 16.1. The molecule has 0 saturated heterocycles. The maximum Gasteiger partial charge on any atom is 0.227 e. The van der Waals surface area contributed by atoms with Crippen LogP contribution in [0.4, 0.5) is 5.69 Å². The molecule has 108 valence electrons. The van der Waals surface area contributed by atoms with Crippen LogP contribution in [-0.4, -0.2) is 5.91 Å². The Morgan fingerprint density at radius 3 is 2.60 bits per heavy atom. The molecular weight excluding hydrogens is 246 g/mol. The number of anilines is 1. The second kappa shape index (κ2) is 5.99. The van der Waals surface area contributed by atoms with E-state index >= 15 is 0 Å². The highest BCUT2D eigenvalue weighted by Crippen LogP contribution is 2.48. The summed E-state index contributed by atoms with van der Waals surface area (Å²) in [5.41, 5.74) is 2.32. The fraction of sp³-hybridized carbons (Fsp3) is 0.611. The summed E-state index contributed by atoms with van der Waals surface area (Å²) < 4.78 is 0. The third-order valence-electron chi connectivity index (χ3n) is 5.12. The van der Waals surface area contributed by atoms with Gasteiger partial charge < -0.3 is 5.32 Å². The van der Waals surface area contributed by atoms with Crippen molar-refractivity contribution in [3.8, 4) is 0 Å². The molecule has 3 unspecified atom stereocenters. The van der Waals surface area contributed by atoms with Gasteiger partial charge in [0, 0.05) is 11.6 Å². The average molecular weight is 271 g/mol. The number of hydrogen-bond donors (Lipinski definition) is 1. The summed E-state index contributed by atoms with van der Waals surface area (Å²) in [5.74, 6) is 2.00. The fourth-order valence-corrected chi connectivity index (χ4v) is 3.94. The van der Waals surface area contributed by atoms with Crippen LogP contribution in [0.15, 0.2) is 24.3 Å². The lowest BCUT2D eigenvalue weighted by Gasteiger charge is -2.20. The fourth-order valence-electron chi connectivity index (χ4n) is 3.94. The summed E-state index contributed by atoms with van der Waals surface area (Å²) >= 11 is 0. The summed E-state index contributed by atoms with van der Waals surface area (Å²) in [6.07, 6.45) is 8.61. The van der Waals surface area contributed by atoms with Gasteiger partial charge in [0.05, 0.1) is 0 Å². The number of rotatable bonds is 5. The predicted molar refractivity (Wildman–Crippen MR) is 82.6 cm³/mol. The van der Waals surface area contributed by atoms with E-state index < -0.39 is 0 Å². The summed E-state index contributed by atoms with van der Waals surface area (Å²) in [7, 11) is 0. The first-order chi connectivity index (χ1) is 9.76. The number of benzene rings is 1. The largest absolute Gasteiger partial charge is 0.326 e. The number of fused-ring (bicyclic) bond motifs is 2. The molecule has 2 fully saturated rings. The molecule has 0 radical (unpaired) electrons. The Bertz CT molecular complexity index is 465. The van der Waals surface area contributed by atoms with Crippen molar-refractivity contribution in [3.05, 3.63) is 29.8 Å². The molecule has 2 saturated carbocycles. The van der Waals surface area contributed by atoms with Crippen LogP contribution in [0.1, 0.15) is 51.0 Å². The van der Waals surface area contributed by atoms with E-state index in [9.17, 15) is 4.79 Å². The molecule has 1 amide bonds. The van der Waals surface area contributed by atoms with Gasteiger partial charge in [-0.1, -0.05) is 31.9 Å². The molecule has 20 heavy (non-hydrogen) atoms. The molecule has 0 aliphatic heterocycles. The molecule has 1 aromatic carbocycles. The van der Waals surface area contributed by atoms with Crippen LogP contribution in [0.2, 0.25) is 0 Å². The Hall–Kier alpha value is -1.31. The lowest BCUT2D eigenvalue weighted by molar-refractivity contribution is -0.121. The average Bonchev–Trinajstić information content (AvgIpc) is 3.09. The van der Waals surface area contributed by atoms with Crippen LogP contribution in [0, 0.1) is 17.8 Å². The molecule has 2 aliphatic rings. The van der Waals surface area contributed by atoms with E-state index in [2.05, 4.69) is 36.5 Å². The SMILES string of the molecule is CCCCc1ccc(NC(=O)C2CC3CCC2C3)cc1. The summed E-state index contributed by atoms with van der Waals surface area (Å²) in [6.45, 7) is 2.21. The van der Waals surface area contributed by atoms with Crippen molar-refractivity contribution in [1.82, 2.24) is 0 Å². The maximum absolute atomic E-state index is 12.4. The second-order valence-electron chi connectivity index (χ2n) is 6.57. The van der Waals surface area contributed by atoms with E-state index in [1.165, 1.54) is 37.7 Å². The lowest BCUT2D eigenvalue weighted by atomic mass is 9.88. The first-order valence-corrected chi connectivity index (χ1v) is 8.16. The minimum absolute atomic E-state index is 0.249. The Balaban J connectivity index is 1.56. The standard InChI is InChI=1S/C18H25NO/c1-2-3-4-13-6-9-16(10-7-13)19-18(20)17-12-14-5-8-15(17)11-14/h6-7,9-10,14-15,17H,2-5,8,11-12H2,1H3,(H,19,20). The zero-order valence-electron chi connectivity index (χ0n) is 12.4. The van der Waals surface area contributed by atoms with Crippen molar-refractivity contribution in [3.63, 3.8) is 0 Å². The predicted octanol–water partition coefficient (Wildman–Crippen LogP) is 4.40. The van der Waals surface area contributed by atoms with Gasteiger partial charge in [0.25, 0.3) is 0 Å². The van der Waals surface area contributed by atoms with Gasteiger partial charge in [-0.3, -0.25) is 4.79 Å². The van der Waals surface area contributed by atoms with Gasteiger partial charge in [-0.2, -0.15) is 0 Å². The first kappa shape index (κ1) is 13.7. The van der Waals surface area contributed by atoms with Gasteiger partial charge in [0.1, 0.15) is 0 Å². The van der Waals surface area contributed by atoms with Gasteiger partial charge in [-0.15, -0.1) is 0 Å². The molecule has 3 rings (SSSR count). The lowest BCUT2D eigenvalue weighted by Crippen LogP contribution is -2.27. The normalized spacial score (nSPS) is 27.8. The van der Waals surface area contributed by atoms with Gasteiger partial charge in [0.15, 0.2) is 0 Å². The zero-order valence-corrected chi connectivity index (χ0v) is 12.4. The first-order valence-electron chi connectivity index (χ1n) is 8.16. The van der Waals surface area contributed by atoms with Gasteiger partial charge >= 0.3 is 0 Å². The number of carbonyl (C=O) groups excluding carboxylic acids is 1. The molecule has 1 aromatic rings. The summed E-state index contributed by atoms with van der Waals surface area (Å²) in [4.78, 5) is 12.4. The van der Waals surface area contributed by atoms with Crippen molar-refractivity contribution in [2.45, 2.75) is 51.9 Å². The van der Waals surface area contributed by atoms with Crippen LogP contribution in [-0.2, 0) is 11.2 Å². The number of aryl methyl sites for hydroxylation is 1. The number of hydrogen-bond acceptors (Lipinski definition) is 1. The Morgan fingerprint density at radius 1 is 1.20 bits per heavy atom. The van der Waals surface area contributed by atoms with Gasteiger partial charge in [-0.05, 0) is 61.6 Å². The summed E-state index contributed by atoms with van der Waals surface area (Å²) in [6, 6.07) is 8.39. The van der Waals surface area contributed by atoms with Crippen LogP contribution < -0.4 is 5.32 Å². The van der Waals surface area contributed by atoms with E-state index in [0.717, 1.165) is 24.4 Å². The summed E-state index contributed by atoms with van der Waals surface area (Å²) in [5, 5.41) is 3.11. The molecule has 0 aromatic heterocycles. The van der Waals surface area contributed by atoms with Gasteiger partial charge in [-0.25, -0.2) is 0 Å². The number of nitrogens with one attached hydrogen (secondary N) is 1. The highest BCUT2D eigenvalue weighted by Gasteiger charge is 2.42. The Morgan fingerprint density at radius 2 is 2.00 bits per heavy atom. The number of unbranched alkanes of at least 4 members (excludes halogenated alkanes) is 1. The van der Waals surface area contributed by atoms with Crippen molar-refractivity contribution in [2.75, 3.05) is 5.32 Å². The molecule has 1 N–H and O–H groups in total. The van der Waals surface area contributed by atoms with Crippen molar-refractivity contribution in [2.24, 2.45) is 17.8 Å². The number of amides is 1. The van der Waals surface area contributed by atoms with E-state index in [4.69, 9.17) is 0 Å². The molecule has 2 heteroatoms. The van der Waals surface area contributed by atoms with Crippen molar-refractivity contribution < 1.29 is 4.79 Å². The smallest absolute Gasteiger partial charge is 0.227 e. The number of carbonyl (C=O) groups is 1. The van der Waals surface area contributed by atoms with Crippen LogP contribution in [0.25, 0.3) is 0 Å². The van der Waals surface area contributed by atoms with Crippen molar-refractivity contribution >= 4 is 11.6 Å². The molecule has 0 heterocycles. The van der Waals surface area contributed by atoms with Crippen LogP contribution in [0.3, 0.4) is 0 Å². The monoisotopic (exact) mass is 271 g/mol. The minimum Gasteiger partial charge on any atom is -0.326 e. The van der Waals surface area contributed by atoms with Crippen molar-refractivity contribution in [1.29, 1.82) is 0 Å². The van der Waals surface area contributed by atoms with E-state index in [1.54, 1.807) is 0 Å². The zero-order chi connectivity index (χ0) is 13.9. The third-order valence-corrected chi connectivity index (χ3v) is 5.12. The molecule has 0 spiro atoms. The van der Waals surface area contributed by atoms with E-state index in [-0.39, 0.29) is 11.8 Å². The second-order valence-corrected chi connectivity index (χ2v) is 6.57. The topological polar surface area (TPSA) is 29.1 Å². The molecule has 3 atom stereocenters. The molecule has 2 aliphatic carbocycles. The molecule has 2 bridgehead atoms. The highest BCUT2D eigenvalue weighted by molar-refractivity contribution is 5.93. The molecule has 2 nitrogen and oxygen atoms in total. The third kappa shape index (κ3) is 2.89. The Kier molecular flexibility index (Phi) is 4.09. The van der Waals surface area contributed by atoms with Crippen LogP contribution in [0.5, 0.6) is 0 Å². The minimum atomic E-state index is 0.249. The maximum atomic E-state index is 12.4. The van der Waals surface area contributed by atoms with Gasteiger partial charge in [0.2, 0.25) is 5.91 Å². The Labute approximate surface area is 122 Å². The van der Waals surface area contributed by atoms with E-state index in [1.807, 2.05) is 0 Å².